The molecule has 0 aliphatic rings. The summed E-state index contributed by atoms with van der Waals surface area (Å²) in [5, 5.41) is 2.80. The molecular formula is C13H10Br2N2O2. The van der Waals surface area contributed by atoms with Gasteiger partial charge in [-0.05, 0) is 62.2 Å². The van der Waals surface area contributed by atoms with Crippen molar-refractivity contribution in [3.63, 3.8) is 0 Å². The third-order valence-electron chi connectivity index (χ3n) is 2.41. The minimum Gasteiger partial charge on any atom is -0.496 e. The molecule has 0 atom stereocenters. The molecule has 2 aromatic rings. The minimum absolute atomic E-state index is 0.225. The first-order valence-electron chi connectivity index (χ1n) is 5.37. The van der Waals surface area contributed by atoms with Crippen molar-refractivity contribution in [2.75, 3.05) is 12.4 Å². The van der Waals surface area contributed by atoms with Gasteiger partial charge in [-0.1, -0.05) is 0 Å². The lowest BCUT2D eigenvalue weighted by Gasteiger charge is -2.08. The van der Waals surface area contributed by atoms with Crippen molar-refractivity contribution in [2.24, 2.45) is 0 Å². The number of methoxy groups -OCH3 is 1. The van der Waals surface area contributed by atoms with Crippen molar-refractivity contribution in [3.8, 4) is 5.75 Å². The summed E-state index contributed by atoms with van der Waals surface area (Å²) >= 11 is 6.62. The molecule has 1 aromatic carbocycles. The first-order chi connectivity index (χ1) is 9.11. The van der Waals surface area contributed by atoms with Crippen LogP contribution in [0.1, 0.15) is 10.4 Å². The number of nitrogens with zero attached hydrogens (tertiary/aromatic N) is 1. The number of aromatic nitrogens is 1. The SMILES string of the molecule is COc1ccc(NC(=O)c2cccnc2Br)cc1Br. The predicted octanol–water partition coefficient (Wildman–Crippen LogP) is 3.87. The molecule has 1 heterocycles. The molecule has 6 heteroatoms. The van der Waals surface area contributed by atoms with Gasteiger partial charge in [0.25, 0.3) is 5.91 Å². The van der Waals surface area contributed by atoms with Crippen molar-refractivity contribution in [3.05, 3.63) is 51.2 Å². The summed E-state index contributed by atoms with van der Waals surface area (Å²) in [5.74, 6) is 0.484. The maximum Gasteiger partial charge on any atom is 0.258 e. The van der Waals surface area contributed by atoms with Gasteiger partial charge >= 0.3 is 0 Å². The molecule has 0 aliphatic heterocycles. The highest BCUT2D eigenvalue weighted by molar-refractivity contribution is 9.10. The summed E-state index contributed by atoms with van der Waals surface area (Å²) in [5.41, 5.74) is 1.16. The van der Waals surface area contributed by atoms with Crippen molar-refractivity contribution < 1.29 is 9.53 Å². The largest absolute Gasteiger partial charge is 0.496 e. The lowest BCUT2D eigenvalue weighted by Crippen LogP contribution is -2.13. The molecule has 0 radical (unpaired) electrons. The van der Waals surface area contributed by atoms with Crippen LogP contribution < -0.4 is 10.1 Å². The molecule has 0 unspecified atom stereocenters. The van der Waals surface area contributed by atoms with Gasteiger partial charge in [-0.3, -0.25) is 4.79 Å². The maximum absolute atomic E-state index is 12.1. The van der Waals surface area contributed by atoms with Gasteiger partial charge in [0.2, 0.25) is 0 Å². The molecule has 0 aliphatic carbocycles. The lowest BCUT2D eigenvalue weighted by atomic mass is 10.2. The monoisotopic (exact) mass is 384 g/mol. The second-order valence-corrected chi connectivity index (χ2v) is 5.25. The quantitative estimate of drug-likeness (QED) is 0.816. The average Bonchev–Trinajstić information content (AvgIpc) is 2.39. The molecular weight excluding hydrogens is 376 g/mol. The van der Waals surface area contributed by atoms with E-state index in [9.17, 15) is 4.79 Å². The van der Waals surface area contributed by atoms with Crippen LogP contribution in [0, 0.1) is 0 Å². The Labute approximate surface area is 127 Å². The van der Waals surface area contributed by atoms with Crippen LogP contribution >= 0.6 is 31.9 Å². The zero-order valence-corrected chi connectivity index (χ0v) is 13.2. The second-order valence-electron chi connectivity index (χ2n) is 3.65. The normalized spacial score (nSPS) is 10.1. The number of anilines is 1. The molecule has 0 bridgehead atoms. The van der Waals surface area contributed by atoms with E-state index in [1.165, 1.54) is 0 Å². The highest BCUT2D eigenvalue weighted by Gasteiger charge is 2.11. The summed E-state index contributed by atoms with van der Waals surface area (Å²) in [7, 11) is 1.59. The van der Waals surface area contributed by atoms with E-state index in [0.29, 0.717) is 21.6 Å². The summed E-state index contributed by atoms with van der Waals surface area (Å²) < 4.78 is 6.42. The number of ether oxygens (including phenoxy) is 1. The van der Waals surface area contributed by atoms with Gasteiger partial charge in [0.15, 0.2) is 0 Å². The van der Waals surface area contributed by atoms with E-state index in [2.05, 4.69) is 42.2 Å². The molecule has 0 saturated carbocycles. The van der Waals surface area contributed by atoms with E-state index in [1.807, 2.05) is 0 Å². The summed E-state index contributed by atoms with van der Waals surface area (Å²) in [6.07, 6.45) is 1.62. The van der Waals surface area contributed by atoms with Crippen molar-refractivity contribution in [1.29, 1.82) is 0 Å². The van der Waals surface area contributed by atoms with E-state index in [-0.39, 0.29) is 5.91 Å². The van der Waals surface area contributed by atoms with E-state index in [0.717, 1.165) is 4.47 Å². The Bertz CT molecular complexity index is 617. The summed E-state index contributed by atoms with van der Waals surface area (Å²) in [6.45, 7) is 0. The van der Waals surface area contributed by atoms with E-state index >= 15 is 0 Å². The smallest absolute Gasteiger partial charge is 0.258 e. The summed E-state index contributed by atoms with van der Waals surface area (Å²) in [4.78, 5) is 16.1. The number of carbonyl (C=O) groups excluding carboxylic acids is 1. The van der Waals surface area contributed by atoms with Gasteiger partial charge in [-0.15, -0.1) is 0 Å². The number of carbonyl (C=O) groups is 1. The fourth-order valence-electron chi connectivity index (χ4n) is 1.50. The molecule has 0 fully saturated rings. The van der Waals surface area contributed by atoms with Crippen molar-refractivity contribution >= 4 is 43.5 Å². The van der Waals surface area contributed by atoms with Crippen LogP contribution in [0.4, 0.5) is 5.69 Å². The fourth-order valence-corrected chi connectivity index (χ4v) is 2.47. The zero-order valence-electron chi connectivity index (χ0n) is 9.98. The third kappa shape index (κ3) is 3.33. The van der Waals surface area contributed by atoms with Crippen LogP contribution in [0.3, 0.4) is 0 Å². The van der Waals surface area contributed by atoms with Gasteiger partial charge < -0.3 is 10.1 Å². The average molecular weight is 386 g/mol. The number of halogens is 2. The van der Waals surface area contributed by atoms with Gasteiger partial charge in [-0.2, -0.15) is 0 Å². The highest BCUT2D eigenvalue weighted by Crippen LogP contribution is 2.28. The van der Waals surface area contributed by atoms with E-state index in [4.69, 9.17) is 4.74 Å². The Hall–Kier alpha value is -1.40. The lowest BCUT2D eigenvalue weighted by molar-refractivity contribution is 0.102. The molecule has 1 N–H and O–H groups in total. The van der Waals surface area contributed by atoms with Crippen LogP contribution in [0.2, 0.25) is 0 Å². The Morgan fingerprint density at radius 2 is 2.11 bits per heavy atom. The number of amides is 1. The van der Waals surface area contributed by atoms with Crippen LogP contribution in [0.15, 0.2) is 45.6 Å². The van der Waals surface area contributed by atoms with E-state index < -0.39 is 0 Å². The number of nitrogens with one attached hydrogen (secondary N) is 1. The minimum atomic E-state index is -0.225. The Morgan fingerprint density at radius 3 is 2.74 bits per heavy atom. The molecule has 0 saturated heterocycles. The number of benzene rings is 1. The molecule has 4 nitrogen and oxygen atoms in total. The first-order valence-corrected chi connectivity index (χ1v) is 6.96. The van der Waals surface area contributed by atoms with Crippen LogP contribution in [0.25, 0.3) is 0 Å². The Morgan fingerprint density at radius 1 is 1.32 bits per heavy atom. The summed E-state index contributed by atoms with van der Waals surface area (Å²) in [6, 6.07) is 8.74. The molecule has 1 amide bonds. The molecule has 0 spiro atoms. The molecule has 19 heavy (non-hydrogen) atoms. The Kier molecular flexibility index (Phi) is 4.55. The van der Waals surface area contributed by atoms with Crippen molar-refractivity contribution in [1.82, 2.24) is 4.98 Å². The van der Waals surface area contributed by atoms with Gasteiger partial charge in [0.05, 0.1) is 17.1 Å². The van der Waals surface area contributed by atoms with Crippen molar-refractivity contribution in [2.45, 2.75) is 0 Å². The Balaban J connectivity index is 2.20. The van der Waals surface area contributed by atoms with Crippen LogP contribution in [-0.2, 0) is 0 Å². The molecule has 1 aromatic heterocycles. The zero-order chi connectivity index (χ0) is 13.8. The maximum atomic E-state index is 12.1. The van der Waals surface area contributed by atoms with Gasteiger partial charge in [0.1, 0.15) is 10.4 Å². The third-order valence-corrected chi connectivity index (χ3v) is 3.67. The van der Waals surface area contributed by atoms with E-state index in [1.54, 1.807) is 43.6 Å². The van der Waals surface area contributed by atoms with Gasteiger partial charge in [-0.25, -0.2) is 4.98 Å². The number of pyridine rings is 1. The fraction of sp³-hybridized carbons (Fsp3) is 0.0769. The molecule has 2 rings (SSSR count). The van der Waals surface area contributed by atoms with Crippen LogP contribution in [-0.4, -0.2) is 18.0 Å². The standard InChI is InChI=1S/C13H10Br2N2O2/c1-19-11-5-4-8(7-10(11)14)17-13(18)9-3-2-6-16-12(9)15/h2-7H,1H3,(H,17,18). The van der Waals surface area contributed by atoms with Gasteiger partial charge in [0, 0.05) is 11.9 Å². The molecule has 98 valence electrons. The first kappa shape index (κ1) is 14.0. The van der Waals surface area contributed by atoms with Crippen LogP contribution in [0.5, 0.6) is 5.75 Å². The number of hydrogen-bond donors (Lipinski definition) is 1. The topological polar surface area (TPSA) is 51.2 Å². The second kappa shape index (κ2) is 6.16. The number of hydrogen-bond acceptors (Lipinski definition) is 3. The highest BCUT2D eigenvalue weighted by atomic mass is 79.9. The predicted molar refractivity (Wildman–Crippen MR) is 80.6 cm³/mol. The number of rotatable bonds is 3.